The van der Waals surface area contributed by atoms with Gasteiger partial charge in [-0.2, -0.15) is 0 Å². The lowest BCUT2D eigenvalue weighted by Gasteiger charge is -2.57. The summed E-state index contributed by atoms with van der Waals surface area (Å²) in [6.07, 6.45) is 10.9. The van der Waals surface area contributed by atoms with Gasteiger partial charge in [0.1, 0.15) is 0 Å². The predicted molar refractivity (Wildman–Crippen MR) is 118 cm³/mol. The molecule has 3 fully saturated rings. The monoisotopic (exact) mass is 409 g/mol. The van der Waals surface area contributed by atoms with Crippen molar-refractivity contribution in [3.05, 3.63) is 42.5 Å². The van der Waals surface area contributed by atoms with Crippen LogP contribution in [-0.2, 0) is 9.59 Å². The van der Waals surface area contributed by atoms with Crippen molar-refractivity contribution in [3.8, 4) is 0 Å². The Kier molecular flexibility index (Phi) is 4.69. The molecule has 1 aromatic rings. The first kappa shape index (κ1) is 19.4. The number of benzene rings is 1. The molecule has 0 spiro atoms. The number of carbonyl (C=O) groups is 2. The number of nitrogens with one attached hydrogen (secondary N) is 1. The van der Waals surface area contributed by atoms with E-state index < -0.39 is 0 Å². The van der Waals surface area contributed by atoms with E-state index in [0.29, 0.717) is 23.0 Å². The lowest BCUT2D eigenvalue weighted by Crippen LogP contribution is -2.52. The molecular formula is C25H31NO2S. The number of hydrogen-bond donors (Lipinski definition) is 1. The molecule has 3 saturated carbocycles. The number of rotatable bonds is 2. The minimum Gasteiger partial charge on any atom is -0.326 e. The van der Waals surface area contributed by atoms with Crippen LogP contribution in [0.15, 0.2) is 42.5 Å². The van der Waals surface area contributed by atoms with Crippen LogP contribution in [0.2, 0.25) is 0 Å². The van der Waals surface area contributed by atoms with E-state index in [1.807, 2.05) is 36.4 Å². The zero-order valence-electron chi connectivity index (χ0n) is 17.4. The Hall–Kier alpha value is -1.55. The van der Waals surface area contributed by atoms with Gasteiger partial charge in [-0.15, -0.1) is 0 Å². The topological polar surface area (TPSA) is 46.2 Å². The van der Waals surface area contributed by atoms with E-state index in [1.165, 1.54) is 19.3 Å². The molecule has 1 N–H and O–H groups in total. The van der Waals surface area contributed by atoms with E-state index in [2.05, 4.69) is 25.2 Å². The summed E-state index contributed by atoms with van der Waals surface area (Å²) < 4.78 is 0. The Morgan fingerprint density at radius 1 is 1.10 bits per heavy atom. The molecule has 1 amide bonds. The van der Waals surface area contributed by atoms with E-state index in [-0.39, 0.29) is 27.8 Å². The second-order valence-corrected chi connectivity index (χ2v) is 11.5. The van der Waals surface area contributed by atoms with E-state index in [1.54, 1.807) is 11.8 Å². The van der Waals surface area contributed by atoms with Crippen LogP contribution in [0.25, 0.3) is 0 Å². The highest BCUT2D eigenvalue weighted by Gasteiger charge is 2.59. The molecule has 3 nitrogen and oxygen atoms in total. The van der Waals surface area contributed by atoms with Gasteiger partial charge in [0.05, 0.1) is 0 Å². The number of thioether (sulfide) groups is 1. The Labute approximate surface area is 178 Å². The van der Waals surface area contributed by atoms with Crippen LogP contribution < -0.4 is 5.32 Å². The third-order valence-corrected chi connectivity index (χ3v) is 10.1. The molecular weight excluding hydrogens is 378 g/mol. The summed E-state index contributed by atoms with van der Waals surface area (Å²) in [5.41, 5.74) is 1.31. The molecule has 1 aromatic carbocycles. The number of allylic oxidation sites excluding steroid dienone is 1. The summed E-state index contributed by atoms with van der Waals surface area (Å²) in [5.74, 6) is 2.27. The van der Waals surface area contributed by atoms with Crippen molar-refractivity contribution in [3.63, 3.8) is 0 Å². The van der Waals surface area contributed by atoms with Crippen LogP contribution in [0.5, 0.6) is 0 Å². The number of hydrogen-bond acceptors (Lipinski definition) is 3. The summed E-state index contributed by atoms with van der Waals surface area (Å²) in [6, 6.07) is 9.84. The van der Waals surface area contributed by atoms with E-state index in [4.69, 9.17) is 0 Å². The van der Waals surface area contributed by atoms with Crippen LogP contribution in [0.4, 0.5) is 5.69 Å². The van der Waals surface area contributed by atoms with Crippen LogP contribution in [-0.4, -0.2) is 16.3 Å². The normalized spacial score (nSPS) is 43.2. The van der Waals surface area contributed by atoms with E-state index >= 15 is 0 Å². The smallest absolute Gasteiger partial charge is 0.227 e. The Bertz CT molecular complexity index is 852. The largest absolute Gasteiger partial charge is 0.326 e. The average Bonchev–Trinajstić information content (AvgIpc) is 3.07. The fourth-order valence-electron chi connectivity index (χ4n) is 7.23. The molecule has 0 bridgehead atoms. The maximum atomic E-state index is 13.0. The van der Waals surface area contributed by atoms with Crippen molar-refractivity contribution >= 4 is 28.5 Å². The van der Waals surface area contributed by atoms with Crippen molar-refractivity contribution in [1.29, 1.82) is 0 Å². The van der Waals surface area contributed by atoms with Crippen LogP contribution in [0, 0.1) is 34.5 Å². The SMILES string of the molecule is C[C@]12CC[C@H]3[C@@H](CC[C@@H]4SC(=O)C=C[C@@]43C)[C@@H]1C[C@H](C(=O)Nc1ccccc1)C2. The standard InChI is InChI=1S/C25H31NO2S/c1-24-12-10-19-18(8-9-21-25(19,2)13-11-22(27)29-21)20(24)14-16(15-24)23(28)26-17-6-4-3-5-7-17/h3-7,11,13,16,18-21H,8-10,12,14-15H2,1-2H3,(H,26,28)/t16-,18+,19-,20-,21-,24+,25+/m0/s1. The molecule has 7 atom stereocenters. The highest BCUT2D eigenvalue weighted by atomic mass is 32.2. The van der Waals surface area contributed by atoms with Gasteiger partial charge in [-0.1, -0.05) is 49.9 Å². The fourth-order valence-corrected chi connectivity index (χ4v) is 8.41. The fraction of sp³-hybridized carbons (Fsp3) is 0.600. The first-order valence-corrected chi connectivity index (χ1v) is 12.0. The molecule has 0 saturated heterocycles. The quantitative estimate of drug-likeness (QED) is 0.683. The van der Waals surface area contributed by atoms with Gasteiger partial charge in [-0.05, 0) is 79.9 Å². The summed E-state index contributed by atoms with van der Waals surface area (Å²) in [4.78, 5) is 25.0. The maximum Gasteiger partial charge on any atom is 0.227 e. The zero-order chi connectivity index (χ0) is 20.2. The van der Waals surface area contributed by atoms with Crippen molar-refractivity contribution < 1.29 is 9.59 Å². The molecule has 29 heavy (non-hydrogen) atoms. The lowest BCUT2D eigenvalue weighted by atomic mass is 9.50. The Morgan fingerprint density at radius 2 is 1.90 bits per heavy atom. The third kappa shape index (κ3) is 3.19. The van der Waals surface area contributed by atoms with Gasteiger partial charge < -0.3 is 5.32 Å². The van der Waals surface area contributed by atoms with Gasteiger partial charge in [0, 0.05) is 22.3 Å². The van der Waals surface area contributed by atoms with Crippen LogP contribution in [0.1, 0.15) is 52.4 Å². The lowest BCUT2D eigenvalue weighted by molar-refractivity contribution is -0.120. The molecule has 3 aliphatic carbocycles. The highest BCUT2D eigenvalue weighted by molar-refractivity contribution is 8.14. The van der Waals surface area contributed by atoms with Crippen LogP contribution in [0.3, 0.4) is 0 Å². The van der Waals surface area contributed by atoms with Gasteiger partial charge in [0.25, 0.3) is 0 Å². The second-order valence-electron chi connectivity index (χ2n) is 10.3. The summed E-state index contributed by atoms with van der Waals surface area (Å²) >= 11 is 1.57. The van der Waals surface area contributed by atoms with Crippen molar-refractivity contribution in [1.82, 2.24) is 0 Å². The number of para-hydroxylation sites is 1. The van der Waals surface area contributed by atoms with Gasteiger partial charge in [0.2, 0.25) is 11.0 Å². The molecule has 4 aliphatic rings. The number of amides is 1. The van der Waals surface area contributed by atoms with Gasteiger partial charge in [-0.25, -0.2) is 0 Å². The summed E-state index contributed by atoms with van der Waals surface area (Å²) in [7, 11) is 0. The highest BCUT2D eigenvalue weighted by Crippen LogP contribution is 2.65. The Balaban J connectivity index is 1.36. The molecule has 4 heteroatoms. The Morgan fingerprint density at radius 3 is 2.69 bits per heavy atom. The number of fused-ring (bicyclic) bond motifs is 5. The van der Waals surface area contributed by atoms with Crippen molar-refractivity contribution in [2.45, 2.75) is 57.6 Å². The van der Waals surface area contributed by atoms with Gasteiger partial charge >= 0.3 is 0 Å². The zero-order valence-corrected chi connectivity index (χ0v) is 18.2. The molecule has 1 aliphatic heterocycles. The summed E-state index contributed by atoms with van der Waals surface area (Å²) in [5, 5.41) is 3.81. The van der Waals surface area contributed by atoms with E-state index in [0.717, 1.165) is 24.9 Å². The van der Waals surface area contributed by atoms with E-state index in [9.17, 15) is 9.59 Å². The number of carbonyl (C=O) groups excluding carboxylic acids is 2. The minimum absolute atomic E-state index is 0.118. The van der Waals surface area contributed by atoms with Crippen LogP contribution >= 0.6 is 11.8 Å². The molecule has 0 unspecified atom stereocenters. The molecule has 0 aromatic heterocycles. The first-order valence-electron chi connectivity index (χ1n) is 11.1. The molecule has 1 heterocycles. The summed E-state index contributed by atoms with van der Waals surface area (Å²) in [6.45, 7) is 4.83. The van der Waals surface area contributed by atoms with Crippen molar-refractivity contribution in [2.75, 3.05) is 5.32 Å². The molecule has 0 radical (unpaired) electrons. The number of anilines is 1. The molecule has 154 valence electrons. The predicted octanol–water partition coefficient (Wildman–Crippen LogP) is 5.68. The average molecular weight is 410 g/mol. The van der Waals surface area contributed by atoms with Crippen molar-refractivity contribution in [2.24, 2.45) is 34.5 Å². The molecule has 5 rings (SSSR count). The first-order chi connectivity index (χ1) is 13.9. The van der Waals surface area contributed by atoms with Gasteiger partial charge in [-0.3, -0.25) is 9.59 Å². The minimum atomic E-state index is 0.118. The maximum absolute atomic E-state index is 13.0. The van der Waals surface area contributed by atoms with Gasteiger partial charge in [0.15, 0.2) is 0 Å². The third-order valence-electron chi connectivity index (χ3n) is 8.71. The second kappa shape index (κ2) is 7.01.